The molecule has 2 amide bonds. The lowest BCUT2D eigenvalue weighted by molar-refractivity contribution is -0.120. The topological polar surface area (TPSA) is 67.4 Å². The van der Waals surface area contributed by atoms with E-state index in [2.05, 4.69) is 10.6 Å². The molecule has 0 fully saturated rings. The lowest BCUT2D eigenvalue weighted by Crippen LogP contribution is -2.37. The van der Waals surface area contributed by atoms with Crippen LogP contribution >= 0.6 is 22.9 Å². The number of halogens is 1. The van der Waals surface area contributed by atoms with E-state index in [4.69, 9.17) is 16.3 Å². The maximum Gasteiger partial charge on any atom is 0.263 e. The van der Waals surface area contributed by atoms with E-state index in [9.17, 15) is 9.59 Å². The summed E-state index contributed by atoms with van der Waals surface area (Å²) < 4.78 is 6.13. The molecule has 7 heteroatoms. The maximum absolute atomic E-state index is 12.2. The maximum atomic E-state index is 12.2. The number of ether oxygens (including phenoxy) is 1. The van der Waals surface area contributed by atoms with Crippen molar-refractivity contribution in [2.75, 3.05) is 26.3 Å². The molecule has 124 valence electrons. The van der Waals surface area contributed by atoms with Gasteiger partial charge in [0, 0.05) is 29.8 Å². The predicted molar refractivity (Wildman–Crippen MR) is 93.3 cm³/mol. The van der Waals surface area contributed by atoms with E-state index in [1.54, 1.807) is 0 Å². The first-order chi connectivity index (χ1) is 11.1. The van der Waals surface area contributed by atoms with Crippen LogP contribution in [0.25, 0.3) is 10.1 Å². The SMILES string of the molecule is CCOCCCNC(=O)CNC(=O)c1sc2ccccc2c1Cl. The van der Waals surface area contributed by atoms with Crippen molar-refractivity contribution in [3.8, 4) is 0 Å². The molecule has 1 aromatic carbocycles. The summed E-state index contributed by atoms with van der Waals surface area (Å²) in [4.78, 5) is 24.3. The highest BCUT2D eigenvalue weighted by Crippen LogP contribution is 2.34. The first kappa shape index (κ1) is 17.7. The van der Waals surface area contributed by atoms with Crippen LogP contribution in [0.3, 0.4) is 0 Å². The van der Waals surface area contributed by atoms with Crippen LogP contribution in [0.15, 0.2) is 24.3 Å². The average Bonchev–Trinajstić information content (AvgIpc) is 2.90. The van der Waals surface area contributed by atoms with Crippen molar-refractivity contribution in [2.24, 2.45) is 0 Å². The van der Waals surface area contributed by atoms with Crippen LogP contribution in [0.5, 0.6) is 0 Å². The van der Waals surface area contributed by atoms with E-state index in [0.717, 1.165) is 16.5 Å². The molecule has 0 radical (unpaired) electrons. The predicted octanol–water partition coefficient (Wildman–Crippen LogP) is 2.83. The zero-order valence-electron chi connectivity index (χ0n) is 12.9. The Bertz CT molecular complexity index is 687. The molecule has 0 aliphatic carbocycles. The van der Waals surface area contributed by atoms with Crippen molar-refractivity contribution in [1.82, 2.24) is 10.6 Å². The number of hydrogen-bond donors (Lipinski definition) is 2. The van der Waals surface area contributed by atoms with Gasteiger partial charge in [-0.2, -0.15) is 0 Å². The van der Waals surface area contributed by atoms with E-state index >= 15 is 0 Å². The molecule has 0 unspecified atom stereocenters. The molecule has 5 nitrogen and oxygen atoms in total. The number of amides is 2. The molecule has 0 aliphatic heterocycles. The Morgan fingerprint density at radius 1 is 1.26 bits per heavy atom. The summed E-state index contributed by atoms with van der Waals surface area (Å²) in [7, 11) is 0. The fraction of sp³-hybridized carbons (Fsp3) is 0.375. The first-order valence-corrected chi connectivity index (χ1v) is 8.62. The lowest BCUT2D eigenvalue weighted by Gasteiger charge is -2.06. The van der Waals surface area contributed by atoms with Crippen LogP contribution in [0.4, 0.5) is 0 Å². The Labute approximate surface area is 144 Å². The summed E-state index contributed by atoms with van der Waals surface area (Å²) in [5.74, 6) is -0.562. The number of carbonyl (C=O) groups excluding carboxylic acids is 2. The molecule has 0 aliphatic rings. The Hall–Kier alpha value is -1.63. The van der Waals surface area contributed by atoms with Gasteiger partial charge in [0.25, 0.3) is 5.91 Å². The van der Waals surface area contributed by atoms with Crippen molar-refractivity contribution < 1.29 is 14.3 Å². The van der Waals surface area contributed by atoms with E-state index in [1.165, 1.54) is 11.3 Å². The number of nitrogens with one attached hydrogen (secondary N) is 2. The third-order valence-corrected chi connectivity index (χ3v) is 4.82. The third-order valence-electron chi connectivity index (χ3n) is 3.14. The van der Waals surface area contributed by atoms with Crippen LogP contribution in [0, 0.1) is 0 Å². The summed E-state index contributed by atoms with van der Waals surface area (Å²) in [5, 5.41) is 6.61. The van der Waals surface area contributed by atoms with Crippen molar-refractivity contribution in [3.05, 3.63) is 34.2 Å². The minimum absolute atomic E-state index is 0.0714. The average molecular weight is 355 g/mol. The Morgan fingerprint density at radius 3 is 2.78 bits per heavy atom. The van der Waals surface area contributed by atoms with Gasteiger partial charge in [0.05, 0.1) is 11.6 Å². The summed E-state index contributed by atoms with van der Waals surface area (Å²) in [5.41, 5.74) is 0. The van der Waals surface area contributed by atoms with Crippen LogP contribution in [-0.2, 0) is 9.53 Å². The molecule has 0 saturated carbocycles. The standard InChI is InChI=1S/C16H19ClN2O3S/c1-2-22-9-5-8-18-13(20)10-19-16(21)15-14(17)11-6-3-4-7-12(11)23-15/h3-4,6-7H,2,5,8-10H2,1H3,(H,18,20)(H,19,21). The lowest BCUT2D eigenvalue weighted by atomic mass is 10.2. The molecule has 2 aromatic rings. The monoisotopic (exact) mass is 354 g/mol. The summed E-state index contributed by atoms with van der Waals surface area (Å²) in [6.45, 7) is 3.66. The smallest absolute Gasteiger partial charge is 0.263 e. The fourth-order valence-corrected chi connectivity index (χ4v) is 3.44. The van der Waals surface area contributed by atoms with E-state index in [0.29, 0.717) is 29.7 Å². The summed E-state index contributed by atoms with van der Waals surface area (Å²) >= 11 is 7.55. The number of benzene rings is 1. The number of fused-ring (bicyclic) bond motifs is 1. The van der Waals surface area contributed by atoms with Gasteiger partial charge in [-0.15, -0.1) is 11.3 Å². The number of hydrogen-bond acceptors (Lipinski definition) is 4. The number of carbonyl (C=O) groups is 2. The minimum atomic E-state index is -0.333. The van der Waals surface area contributed by atoms with E-state index in [-0.39, 0.29) is 18.4 Å². The fourth-order valence-electron chi connectivity index (χ4n) is 2.01. The van der Waals surface area contributed by atoms with E-state index < -0.39 is 0 Å². The quantitative estimate of drug-likeness (QED) is 0.716. The van der Waals surface area contributed by atoms with Crippen molar-refractivity contribution in [3.63, 3.8) is 0 Å². The highest BCUT2D eigenvalue weighted by molar-refractivity contribution is 7.21. The molecule has 2 rings (SSSR count). The van der Waals surface area contributed by atoms with Gasteiger partial charge in [-0.05, 0) is 19.4 Å². The third kappa shape index (κ3) is 4.92. The van der Waals surface area contributed by atoms with Crippen LogP contribution in [-0.4, -0.2) is 38.1 Å². The molecule has 0 spiro atoms. The Kier molecular flexibility index (Phi) is 6.83. The second-order valence-corrected chi connectivity index (χ2v) is 6.25. The summed E-state index contributed by atoms with van der Waals surface area (Å²) in [6, 6.07) is 7.55. The van der Waals surface area contributed by atoms with E-state index in [1.807, 2.05) is 31.2 Å². The zero-order chi connectivity index (χ0) is 16.7. The molecule has 1 aromatic heterocycles. The molecule has 1 heterocycles. The zero-order valence-corrected chi connectivity index (χ0v) is 14.4. The molecule has 2 N–H and O–H groups in total. The Balaban J connectivity index is 1.82. The van der Waals surface area contributed by atoms with Crippen molar-refractivity contribution >= 4 is 44.8 Å². The molecule has 0 saturated heterocycles. The van der Waals surface area contributed by atoms with Gasteiger partial charge in [0.15, 0.2) is 0 Å². The minimum Gasteiger partial charge on any atom is -0.382 e. The number of thiophene rings is 1. The number of rotatable bonds is 8. The first-order valence-electron chi connectivity index (χ1n) is 7.43. The van der Waals surface area contributed by atoms with Crippen LogP contribution in [0.2, 0.25) is 5.02 Å². The van der Waals surface area contributed by atoms with Crippen LogP contribution in [0.1, 0.15) is 23.0 Å². The largest absolute Gasteiger partial charge is 0.382 e. The van der Waals surface area contributed by atoms with Crippen LogP contribution < -0.4 is 10.6 Å². The summed E-state index contributed by atoms with van der Waals surface area (Å²) in [6.07, 6.45) is 0.746. The highest BCUT2D eigenvalue weighted by Gasteiger charge is 2.17. The van der Waals surface area contributed by atoms with Gasteiger partial charge in [0.2, 0.25) is 5.91 Å². The molecule has 23 heavy (non-hydrogen) atoms. The van der Waals surface area contributed by atoms with Gasteiger partial charge in [-0.1, -0.05) is 29.8 Å². The van der Waals surface area contributed by atoms with Gasteiger partial charge in [-0.3, -0.25) is 9.59 Å². The normalized spacial score (nSPS) is 10.7. The molecular formula is C16H19ClN2O3S. The van der Waals surface area contributed by atoms with Crippen molar-refractivity contribution in [2.45, 2.75) is 13.3 Å². The van der Waals surface area contributed by atoms with Gasteiger partial charge in [0.1, 0.15) is 4.88 Å². The second-order valence-electron chi connectivity index (χ2n) is 4.82. The van der Waals surface area contributed by atoms with Gasteiger partial charge in [-0.25, -0.2) is 0 Å². The highest BCUT2D eigenvalue weighted by atomic mass is 35.5. The molecule has 0 bridgehead atoms. The Morgan fingerprint density at radius 2 is 2.04 bits per heavy atom. The second kappa shape index (κ2) is 8.86. The van der Waals surface area contributed by atoms with Gasteiger partial charge >= 0.3 is 0 Å². The van der Waals surface area contributed by atoms with Crippen molar-refractivity contribution in [1.29, 1.82) is 0 Å². The molecule has 0 atom stereocenters. The van der Waals surface area contributed by atoms with Gasteiger partial charge < -0.3 is 15.4 Å². The molecular weight excluding hydrogens is 336 g/mol.